The zero-order valence-electron chi connectivity index (χ0n) is 31.6. The van der Waals surface area contributed by atoms with Gasteiger partial charge in [0.05, 0.1) is 55.5 Å². The van der Waals surface area contributed by atoms with Crippen LogP contribution < -0.4 is 18.9 Å². The average Bonchev–Trinajstić information content (AvgIpc) is 4.01. The molecule has 6 aromatic rings. The SMILES string of the molecule is CCCCCCc1ccc(-n2c(-c3cc4c(cc3[N+](=O)[O-])OCO4)cc3c2cc(-c2cc4c(cc2[N+](=O)[O-])OCO4)n3-c2ccc(CCCCCC)cc2)cc1. The van der Waals surface area contributed by atoms with E-state index in [1.807, 2.05) is 45.5 Å². The lowest BCUT2D eigenvalue weighted by Gasteiger charge is -2.14. The highest BCUT2D eigenvalue weighted by Crippen LogP contribution is 2.48. The molecule has 0 saturated carbocycles. The van der Waals surface area contributed by atoms with E-state index in [0.29, 0.717) is 56.5 Å². The Hall–Kier alpha value is -6.30. The third-order valence-electron chi connectivity index (χ3n) is 10.7. The van der Waals surface area contributed by atoms with Gasteiger partial charge in [0.1, 0.15) is 0 Å². The smallest absolute Gasteiger partial charge is 0.282 e. The van der Waals surface area contributed by atoms with E-state index in [9.17, 15) is 20.2 Å². The number of hydrogen-bond acceptors (Lipinski definition) is 8. The Kier molecular flexibility index (Phi) is 10.4. The summed E-state index contributed by atoms with van der Waals surface area (Å²) in [6.45, 7) is 4.33. The predicted octanol–water partition coefficient (Wildman–Crippen LogP) is 11.3. The van der Waals surface area contributed by atoms with Crippen molar-refractivity contribution in [2.45, 2.75) is 78.1 Å². The lowest BCUT2D eigenvalue weighted by Crippen LogP contribution is -2.01. The first-order chi connectivity index (χ1) is 27.3. The van der Waals surface area contributed by atoms with Gasteiger partial charge in [-0.15, -0.1) is 0 Å². The summed E-state index contributed by atoms with van der Waals surface area (Å²) < 4.78 is 26.5. The maximum absolute atomic E-state index is 12.7. The number of benzene rings is 4. The molecule has 0 spiro atoms. The highest BCUT2D eigenvalue weighted by molar-refractivity contribution is 5.96. The molecule has 0 N–H and O–H groups in total. The Morgan fingerprint density at radius 1 is 0.518 bits per heavy atom. The molecule has 2 aliphatic heterocycles. The van der Waals surface area contributed by atoms with Gasteiger partial charge < -0.3 is 28.1 Å². The van der Waals surface area contributed by atoms with Gasteiger partial charge in [-0.1, -0.05) is 76.6 Å². The standard InChI is InChI=1S/C44H44N4O8/c1-3-5-7-9-11-29-13-17-31(18-14-29)45-35(33-21-41-43(55-27-53-41)25-37(33)47(49)50)23-40-39(45)24-36(34-22-42-44(56-28-54-42)26-38(34)48(51)52)46(40)32-19-15-30(16-20-32)12-10-8-6-4-2/h13-26H,3-12,27-28H2,1-2H3. The second kappa shape index (κ2) is 15.8. The van der Waals surface area contributed by atoms with E-state index >= 15 is 0 Å². The van der Waals surface area contributed by atoms with Crippen LogP contribution in [0.5, 0.6) is 23.0 Å². The lowest BCUT2D eigenvalue weighted by molar-refractivity contribution is -0.384. The van der Waals surface area contributed by atoms with Gasteiger partial charge in [-0.2, -0.15) is 0 Å². The Morgan fingerprint density at radius 3 is 1.25 bits per heavy atom. The molecule has 12 heteroatoms. The van der Waals surface area contributed by atoms with Crippen molar-refractivity contribution >= 4 is 22.4 Å². The van der Waals surface area contributed by atoms with Crippen LogP contribution in [-0.2, 0) is 12.8 Å². The maximum atomic E-state index is 12.7. The number of unbranched alkanes of at least 4 members (excludes halogenated alkanes) is 6. The summed E-state index contributed by atoms with van der Waals surface area (Å²) in [6.07, 6.45) is 11.1. The average molecular weight is 757 g/mol. The highest BCUT2D eigenvalue weighted by Gasteiger charge is 2.31. The summed E-state index contributed by atoms with van der Waals surface area (Å²) in [6, 6.07) is 26.5. The topological polar surface area (TPSA) is 133 Å². The van der Waals surface area contributed by atoms with Crippen molar-refractivity contribution in [1.82, 2.24) is 9.13 Å². The molecule has 288 valence electrons. The van der Waals surface area contributed by atoms with Gasteiger partial charge >= 0.3 is 0 Å². The molecule has 0 fully saturated rings. The molecule has 2 aromatic heterocycles. The van der Waals surface area contributed by atoms with Crippen molar-refractivity contribution in [2.75, 3.05) is 13.6 Å². The molecule has 12 nitrogen and oxygen atoms in total. The van der Waals surface area contributed by atoms with Crippen LogP contribution in [0.4, 0.5) is 11.4 Å². The number of nitro benzene ring substituents is 2. The second-order valence-electron chi connectivity index (χ2n) is 14.4. The predicted molar refractivity (Wildman–Crippen MR) is 215 cm³/mol. The molecule has 2 aliphatic rings. The molecule has 0 bridgehead atoms. The largest absolute Gasteiger partial charge is 0.454 e. The van der Waals surface area contributed by atoms with Crippen LogP contribution in [0.1, 0.15) is 76.3 Å². The van der Waals surface area contributed by atoms with Crippen LogP contribution >= 0.6 is 0 Å². The molecule has 0 unspecified atom stereocenters. The Labute approximate surface area is 324 Å². The minimum atomic E-state index is -0.409. The van der Waals surface area contributed by atoms with Crippen molar-refractivity contribution in [2.24, 2.45) is 0 Å². The second-order valence-corrected chi connectivity index (χ2v) is 14.4. The minimum absolute atomic E-state index is 0.0318. The summed E-state index contributed by atoms with van der Waals surface area (Å²) in [5, 5.41) is 25.3. The van der Waals surface area contributed by atoms with Crippen LogP contribution in [0.25, 0.3) is 44.9 Å². The molecule has 0 aliphatic carbocycles. The molecule has 0 atom stereocenters. The van der Waals surface area contributed by atoms with Crippen molar-refractivity contribution in [1.29, 1.82) is 0 Å². The number of ether oxygens (including phenoxy) is 4. The fraction of sp³-hybridized carbons (Fsp3) is 0.318. The van der Waals surface area contributed by atoms with Crippen LogP contribution in [-0.4, -0.2) is 32.6 Å². The highest BCUT2D eigenvalue weighted by atomic mass is 16.7. The van der Waals surface area contributed by atoms with Gasteiger partial charge in [0.25, 0.3) is 11.4 Å². The summed E-state index contributed by atoms with van der Waals surface area (Å²) in [7, 11) is 0. The maximum Gasteiger partial charge on any atom is 0.282 e. The van der Waals surface area contributed by atoms with E-state index < -0.39 is 9.85 Å². The minimum Gasteiger partial charge on any atom is -0.454 e. The van der Waals surface area contributed by atoms with Crippen LogP contribution in [0, 0.1) is 20.2 Å². The molecular weight excluding hydrogens is 713 g/mol. The van der Waals surface area contributed by atoms with E-state index in [0.717, 1.165) is 62.7 Å². The number of fused-ring (bicyclic) bond motifs is 3. The number of aryl methyl sites for hydroxylation is 2. The molecule has 0 amide bonds. The number of nitrogens with zero attached hydrogens (tertiary/aromatic N) is 4. The Morgan fingerprint density at radius 2 is 0.893 bits per heavy atom. The van der Waals surface area contributed by atoms with Crippen LogP contribution in [0.2, 0.25) is 0 Å². The third-order valence-corrected chi connectivity index (χ3v) is 10.7. The van der Waals surface area contributed by atoms with Gasteiger partial charge in [0.15, 0.2) is 23.0 Å². The van der Waals surface area contributed by atoms with Gasteiger partial charge in [0, 0.05) is 23.5 Å². The summed E-state index contributed by atoms with van der Waals surface area (Å²) >= 11 is 0. The quantitative estimate of drug-likeness (QED) is 0.0541. The fourth-order valence-electron chi connectivity index (χ4n) is 7.82. The van der Waals surface area contributed by atoms with Crippen LogP contribution in [0.3, 0.4) is 0 Å². The fourth-order valence-corrected chi connectivity index (χ4v) is 7.82. The van der Waals surface area contributed by atoms with Gasteiger partial charge in [0.2, 0.25) is 13.6 Å². The van der Waals surface area contributed by atoms with Crippen molar-refractivity contribution < 1.29 is 28.8 Å². The van der Waals surface area contributed by atoms with Gasteiger partial charge in [-0.25, -0.2) is 0 Å². The zero-order chi connectivity index (χ0) is 38.8. The molecule has 4 heterocycles. The molecule has 4 aromatic carbocycles. The van der Waals surface area contributed by atoms with E-state index in [4.69, 9.17) is 18.9 Å². The number of rotatable bonds is 16. The van der Waals surface area contributed by atoms with Crippen molar-refractivity contribution in [3.05, 3.63) is 116 Å². The molecule has 56 heavy (non-hydrogen) atoms. The van der Waals surface area contributed by atoms with Gasteiger partial charge in [-0.05, 0) is 73.2 Å². The van der Waals surface area contributed by atoms with E-state index in [-0.39, 0.29) is 25.0 Å². The summed E-state index contributed by atoms with van der Waals surface area (Å²) in [5.41, 5.74) is 6.93. The number of hydrogen-bond donors (Lipinski definition) is 0. The Balaban J connectivity index is 1.36. The lowest BCUT2D eigenvalue weighted by atomic mass is 10.0. The zero-order valence-corrected chi connectivity index (χ0v) is 31.6. The van der Waals surface area contributed by atoms with E-state index in [1.165, 1.54) is 36.1 Å². The number of aromatic nitrogens is 2. The van der Waals surface area contributed by atoms with E-state index in [1.54, 1.807) is 12.1 Å². The van der Waals surface area contributed by atoms with Crippen LogP contribution in [0.15, 0.2) is 84.9 Å². The monoisotopic (exact) mass is 756 g/mol. The van der Waals surface area contributed by atoms with E-state index in [2.05, 4.69) is 38.1 Å². The number of nitro groups is 2. The first-order valence-electron chi connectivity index (χ1n) is 19.5. The third kappa shape index (κ3) is 7.02. The molecule has 8 rings (SSSR count). The normalized spacial score (nSPS) is 12.8. The molecule has 0 radical (unpaired) electrons. The summed E-state index contributed by atoms with van der Waals surface area (Å²) in [5.74, 6) is 1.46. The first-order valence-corrected chi connectivity index (χ1v) is 19.5. The first kappa shape index (κ1) is 36.7. The van der Waals surface area contributed by atoms with Gasteiger partial charge in [-0.3, -0.25) is 20.2 Å². The van der Waals surface area contributed by atoms with Crippen molar-refractivity contribution in [3.8, 4) is 56.9 Å². The molecule has 0 saturated heterocycles. The summed E-state index contributed by atoms with van der Waals surface area (Å²) in [4.78, 5) is 24.5. The van der Waals surface area contributed by atoms with Crippen molar-refractivity contribution in [3.63, 3.8) is 0 Å². The Bertz CT molecular complexity index is 2240. The molecular formula is C44H44N4O8.